The van der Waals surface area contributed by atoms with E-state index in [1.165, 1.54) is 17.0 Å². The number of amides is 4. The van der Waals surface area contributed by atoms with Crippen LogP contribution in [0.15, 0.2) is 18.2 Å². The first kappa shape index (κ1) is 17.9. The van der Waals surface area contributed by atoms with Crippen LogP contribution in [-0.4, -0.2) is 60.3 Å². The van der Waals surface area contributed by atoms with Crippen LogP contribution in [0.5, 0.6) is 0 Å². The molecular formula is C16H21N3O5. The van der Waals surface area contributed by atoms with Crippen LogP contribution in [0, 0.1) is 0 Å². The fourth-order valence-corrected chi connectivity index (χ4v) is 2.38. The molecule has 4 amide bonds. The standard InChI is InChI=1S/C16H21N3O5/c1-10(2)19-14(21)12-4-3-11(9-13(12)15(19)22)18-16(23)17-5-7-24-8-6-20/h3-4,9-10,20H,5-8H2,1-2H3,(H2,17,18,23). The largest absolute Gasteiger partial charge is 0.394 e. The third-order valence-electron chi connectivity index (χ3n) is 3.46. The average Bonchev–Trinajstić information content (AvgIpc) is 2.78. The summed E-state index contributed by atoms with van der Waals surface area (Å²) < 4.78 is 5.02. The van der Waals surface area contributed by atoms with E-state index in [1.54, 1.807) is 19.9 Å². The molecule has 1 aliphatic heterocycles. The molecule has 1 heterocycles. The van der Waals surface area contributed by atoms with Crippen LogP contribution >= 0.6 is 0 Å². The Labute approximate surface area is 139 Å². The fraction of sp³-hybridized carbons (Fsp3) is 0.438. The second kappa shape index (κ2) is 7.89. The summed E-state index contributed by atoms with van der Waals surface area (Å²) in [6.07, 6.45) is 0. The van der Waals surface area contributed by atoms with Crippen molar-refractivity contribution in [3.63, 3.8) is 0 Å². The summed E-state index contributed by atoms with van der Waals surface area (Å²) in [5.41, 5.74) is 1.06. The lowest BCUT2D eigenvalue weighted by Gasteiger charge is -2.17. The molecule has 3 N–H and O–H groups in total. The minimum Gasteiger partial charge on any atom is -0.394 e. The number of hydrogen-bond donors (Lipinski definition) is 3. The zero-order chi connectivity index (χ0) is 17.7. The first-order valence-electron chi connectivity index (χ1n) is 7.71. The number of nitrogens with zero attached hydrogens (tertiary/aromatic N) is 1. The Morgan fingerprint density at radius 2 is 1.92 bits per heavy atom. The number of benzene rings is 1. The molecule has 0 aliphatic carbocycles. The molecule has 0 unspecified atom stereocenters. The zero-order valence-electron chi connectivity index (χ0n) is 13.7. The second-order valence-corrected chi connectivity index (χ2v) is 5.55. The van der Waals surface area contributed by atoms with Crippen molar-refractivity contribution in [2.24, 2.45) is 0 Å². The van der Waals surface area contributed by atoms with Crippen LogP contribution < -0.4 is 10.6 Å². The number of aliphatic hydroxyl groups excluding tert-OH is 1. The number of hydrogen-bond acceptors (Lipinski definition) is 5. The Morgan fingerprint density at radius 3 is 2.58 bits per heavy atom. The van der Waals surface area contributed by atoms with E-state index in [1.807, 2.05) is 0 Å². The molecule has 1 aromatic carbocycles. The van der Waals surface area contributed by atoms with E-state index < -0.39 is 6.03 Å². The van der Waals surface area contributed by atoms with Crippen LogP contribution in [-0.2, 0) is 4.74 Å². The van der Waals surface area contributed by atoms with Crippen molar-refractivity contribution < 1.29 is 24.2 Å². The van der Waals surface area contributed by atoms with E-state index in [4.69, 9.17) is 9.84 Å². The van der Waals surface area contributed by atoms with Gasteiger partial charge in [-0.2, -0.15) is 0 Å². The van der Waals surface area contributed by atoms with Crippen molar-refractivity contribution in [3.8, 4) is 0 Å². The molecule has 1 aromatic rings. The third kappa shape index (κ3) is 3.90. The van der Waals surface area contributed by atoms with Crippen molar-refractivity contribution in [2.45, 2.75) is 19.9 Å². The summed E-state index contributed by atoms with van der Waals surface area (Å²) in [6.45, 7) is 4.27. The molecule has 1 aliphatic rings. The van der Waals surface area contributed by atoms with E-state index >= 15 is 0 Å². The molecule has 0 radical (unpaired) electrons. The Morgan fingerprint density at radius 1 is 1.21 bits per heavy atom. The van der Waals surface area contributed by atoms with Crippen molar-refractivity contribution in [2.75, 3.05) is 31.7 Å². The monoisotopic (exact) mass is 335 g/mol. The lowest BCUT2D eigenvalue weighted by molar-refractivity contribution is 0.0609. The van der Waals surface area contributed by atoms with Crippen LogP contribution in [0.25, 0.3) is 0 Å². The number of rotatable bonds is 7. The summed E-state index contributed by atoms with van der Waals surface area (Å²) in [4.78, 5) is 37.5. The van der Waals surface area contributed by atoms with Gasteiger partial charge in [0, 0.05) is 18.3 Å². The van der Waals surface area contributed by atoms with Gasteiger partial charge in [0.15, 0.2) is 0 Å². The number of nitrogens with one attached hydrogen (secondary N) is 2. The van der Waals surface area contributed by atoms with Crippen LogP contribution in [0.4, 0.5) is 10.5 Å². The SMILES string of the molecule is CC(C)N1C(=O)c2ccc(NC(=O)NCCOCCO)cc2C1=O. The Kier molecular flexibility index (Phi) is 5.88. The lowest BCUT2D eigenvalue weighted by Crippen LogP contribution is -2.35. The average molecular weight is 335 g/mol. The molecule has 0 saturated carbocycles. The molecule has 8 nitrogen and oxygen atoms in total. The highest BCUT2D eigenvalue weighted by molar-refractivity contribution is 6.22. The van der Waals surface area contributed by atoms with E-state index in [0.717, 1.165) is 0 Å². The van der Waals surface area contributed by atoms with Gasteiger partial charge in [-0.1, -0.05) is 0 Å². The Balaban J connectivity index is 1.97. The highest BCUT2D eigenvalue weighted by Gasteiger charge is 2.37. The van der Waals surface area contributed by atoms with Gasteiger partial charge in [-0.15, -0.1) is 0 Å². The maximum atomic E-state index is 12.3. The normalized spacial score (nSPS) is 13.4. The highest BCUT2D eigenvalue weighted by atomic mass is 16.5. The lowest BCUT2D eigenvalue weighted by atomic mass is 10.1. The molecule has 24 heavy (non-hydrogen) atoms. The number of ether oxygens (including phenoxy) is 1. The van der Waals surface area contributed by atoms with Gasteiger partial charge in [0.05, 0.1) is 30.9 Å². The third-order valence-corrected chi connectivity index (χ3v) is 3.46. The number of aliphatic hydroxyl groups is 1. The summed E-state index contributed by atoms with van der Waals surface area (Å²) in [5.74, 6) is -0.673. The number of anilines is 1. The molecule has 0 saturated heterocycles. The molecule has 0 atom stereocenters. The van der Waals surface area contributed by atoms with Crippen LogP contribution in [0.2, 0.25) is 0 Å². The number of imide groups is 1. The number of urea groups is 1. The fourth-order valence-electron chi connectivity index (χ4n) is 2.38. The predicted molar refractivity (Wildman–Crippen MR) is 87.0 cm³/mol. The molecule has 130 valence electrons. The summed E-state index contributed by atoms with van der Waals surface area (Å²) in [6, 6.07) is 3.95. The maximum absolute atomic E-state index is 12.3. The van der Waals surface area contributed by atoms with Gasteiger partial charge < -0.3 is 20.5 Å². The van der Waals surface area contributed by atoms with E-state index in [-0.39, 0.29) is 49.8 Å². The van der Waals surface area contributed by atoms with Crippen molar-refractivity contribution in [1.82, 2.24) is 10.2 Å². The van der Waals surface area contributed by atoms with Gasteiger partial charge in [-0.3, -0.25) is 14.5 Å². The minimum atomic E-state index is -0.444. The minimum absolute atomic E-state index is 0.0680. The predicted octanol–water partition coefficient (Wildman–Crippen LogP) is 0.821. The molecule has 0 spiro atoms. The van der Waals surface area contributed by atoms with E-state index in [0.29, 0.717) is 11.3 Å². The molecule has 8 heteroatoms. The highest BCUT2D eigenvalue weighted by Crippen LogP contribution is 2.27. The molecule has 0 fully saturated rings. The summed E-state index contributed by atoms with van der Waals surface area (Å²) >= 11 is 0. The van der Waals surface area contributed by atoms with Gasteiger partial charge in [-0.25, -0.2) is 4.79 Å². The zero-order valence-corrected chi connectivity index (χ0v) is 13.7. The first-order valence-corrected chi connectivity index (χ1v) is 7.71. The van der Waals surface area contributed by atoms with Crippen molar-refractivity contribution in [3.05, 3.63) is 29.3 Å². The number of carbonyl (C=O) groups excluding carboxylic acids is 3. The van der Waals surface area contributed by atoms with Gasteiger partial charge in [0.2, 0.25) is 0 Å². The van der Waals surface area contributed by atoms with Crippen molar-refractivity contribution >= 4 is 23.5 Å². The first-order chi connectivity index (χ1) is 11.5. The Bertz CT molecular complexity index is 645. The number of fused-ring (bicyclic) bond motifs is 1. The number of carbonyl (C=O) groups is 3. The smallest absolute Gasteiger partial charge is 0.319 e. The summed E-state index contributed by atoms with van der Waals surface area (Å²) in [7, 11) is 0. The molecule has 2 rings (SSSR count). The van der Waals surface area contributed by atoms with E-state index in [9.17, 15) is 14.4 Å². The van der Waals surface area contributed by atoms with E-state index in [2.05, 4.69) is 10.6 Å². The molecule has 0 aromatic heterocycles. The van der Waals surface area contributed by atoms with Crippen molar-refractivity contribution in [1.29, 1.82) is 0 Å². The second-order valence-electron chi connectivity index (χ2n) is 5.55. The van der Waals surface area contributed by atoms with Crippen LogP contribution in [0.1, 0.15) is 34.6 Å². The Hall–Kier alpha value is -2.45. The van der Waals surface area contributed by atoms with Gasteiger partial charge >= 0.3 is 6.03 Å². The quantitative estimate of drug-likeness (QED) is 0.505. The maximum Gasteiger partial charge on any atom is 0.319 e. The van der Waals surface area contributed by atoms with Gasteiger partial charge in [0.1, 0.15) is 0 Å². The van der Waals surface area contributed by atoms with Gasteiger partial charge in [-0.05, 0) is 32.0 Å². The van der Waals surface area contributed by atoms with Gasteiger partial charge in [0.25, 0.3) is 11.8 Å². The molecule has 0 bridgehead atoms. The topological polar surface area (TPSA) is 108 Å². The van der Waals surface area contributed by atoms with Crippen LogP contribution in [0.3, 0.4) is 0 Å². The molecular weight excluding hydrogens is 314 g/mol. The summed E-state index contributed by atoms with van der Waals surface area (Å²) in [5, 5.41) is 13.8.